The minimum atomic E-state index is -0.976. The molecule has 0 radical (unpaired) electrons. The second-order valence-electron chi connectivity index (χ2n) is 11.3. The molecule has 0 fully saturated rings. The van der Waals surface area contributed by atoms with Gasteiger partial charge < -0.3 is 10.4 Å². The van der Waals surface area contributed by atoms with E-state index in [1.165, 1.54) is 128 Å². The summed E-state index contributed by atoms with van der Waals surface area (Å²) in [5.41, 5.74) is 0.921. The van der Waals surface area contributed by atoms with Gasteiger partial charge in [-0.2, -0.15) is 0 Å². The first-order chi connectivity index (χ1) is 18.6. The topological polar surface area (TPSA) is 66.4 Å². The maximum Gasteiger partial charge on any atom is 0.326 e. The molecule has 1 aromatic rings. The number of amides is 1. The van der Waals surface area contributed by atoms with Crippen molar-refractivity contribution in [3.05, 3.63) is 35.9 Å². The Bertz CT molecular complexity index is 676. The third-order valence-corrected chi connectivity index (χ3v) is 7.67. The van der Waals surface area contributed by atoms with E-state index in [4.69, 9.17) is 0 Å². The van der Waals surface area contributed by atoms with Gasteiger partial charge in [0, 0.05) is 12.8 Å². The zero-order chi connectivity index (χ0) is 27.5. The van der Waals surface area contributed by atoms with E-state index in [1.54, 1.807) is 0 Å². The molecule has 0 aliphatic rings. The number of benzene rings is 1. The van der Waals surface area contributed by atoms with Crippen LogP contribution in [0.15, 0.2) is 30.3 Å². The third-order valence-electron chi connectivity index (χ3n) is 7.67. The van der Waals surface area contributed by atoms with Crippen LogP contribution >= 0.6 is 0 Å². The van der Waals surface area contributed by atoms with Crippen LogP contribution in [0.5, 0.6) is 0 Å². The van der Waals surface area contributed by atoms with Crippen LogP contribution in [-0.4, -0.2) is 23.0 Å². The van der Waals surface area contributed by atoms with Crippen LogP contribution in [0, 0.1) is 0 Å². The number of hydrogen-bond acceptors (Lipinski definition) is 2. The molecule has 4 heteroatoms. The van der Waals surface area contributed by atoms with E-state index in [-0.39, 0.29) is 5.91 Å². The monoisotopic (exact) mass is 529 g/mol. The second-order valence-corrected chi connectivity index (χ2v) is 11.3. The Morgan fingerprint density at radius 1 is 0.605 bits per heavy atom. The van der Waals surface area contributed by atoms with E-state index >= 15 is 0 Å². The van der Waals surface area contributed by atoms with Gasteiger partial charge in [0.1, 0.15) is 6.04 Å². The summed E-state index contributed by atoms with van der Waals surface area (Å²) in [5, 5.41) is 12.1. The molecule has 1 aromatic carbocycles. The summed E-state index contributed by atoms with van der Waals surface area (Å²) in [6, 6.07) is 8.60. The SMILES string of the molecule is CCCCCCCCCCCCCCCCCCCCCCCCC(=O)N[C@@H](Cc1ccccc1)C(=O)O. The predicted octanol–water partition coefficient (Wildman–Crippen LogP) is 9.79. The van der Waals surface area contributed by atoms with E-state index in [0.717, 1.165) is 18.4 Å². The highest BCUT2D eigenvalue weighted by atomic mass is 16.4. The molecule has 218 valence electrons. The Morgan fingerprint density at radius 2 is 0.974 bits per heavy atom. The largest absolute Gasteiger partial charge is 0.480 e. The highest BCUT2D eigenvalue weighted by Gasteiger charge is 2.19. The summed E-state index contributed by atoms with van der Waals surface area (Å²) >= 11 is 0. The number of hydrogen-bond donors (Lipinski definition) is 2. The third kappa shape index (κ3) is 21.1. The molecule has 2 N–H and O–H groups in total. The lowest BCUT2D eigenvalue weighted by molar-refractivity contribution is -0.141. The van der Waals surface area contributed by atoms with Crippen LogP contribution in [0.3, 0.4) is 0 Å². The van der Waals surface area contributed by atoms with Gasteiger partial charge in [0.15, 0.2) is 0 Å². The number of carbonyl (C=O) groups excluding carboxylic acids is 1. The maximum atomic E-state index is 12.2. The van der Waals surface area contributed by atoms with Gasteiger partial charge in [0.25, 0.3) is 0 Å². The molecule has 0 saturated heterocycles. The Kier molecular flexibility index (Phi) is 22.9. The summed E-state index contributed by atoms with van der Waals surface area (Å²) < 4.78 is 0. The van der Waals surface area contributed by atoms with Gasteiger partial charge in [0.05, 0.1) is 0 Å². The zero-order valence-corrected chi connectivity index (χ0v) is 24.7. The van der Waals surface area contributed by atoms with Gasteiger partial charge in [-0.15, -0.1) is 0 Å². The average Bonchev–Trinajstić information content (AvgIpc) is 2.91. The minimum absolute atomic E-state index is 0.151. The van der Waals surface area contributed by atoms with Crippen LogP contribution in [0.2, 0.25) is 0 Å². The van der Waals surface area contributed by atoms with Crippen molar-refractivity contribution in [3.8, 4) is 0 Å². The van der Waals surface area contributed by atoms with E-state index < -0.39 is 12.0 Å². The Labute approximate surface area is 234 Å². The summed E-state index contributed by atoms with van der Waals surface area (Å²) in [6.45, 7) is 2.29. The molecule has 1 rings (SSSR count). The first kappa shape index (κ1) is 34.2. The van der Waals surface area contributed by atoms with Gasteiger partial charge in [0.2, 0.25) is 5.91 Å². The molecule has 1 atom stereocenters. The van der Waals surface area contributed by atoms with Gasteiger partial charge in [-0.05, 0) is 12.0 Å². The molecular weight excluding hydrogens is 470 g/mol. The number of nitrogens with one attached hydrogen (secondary N) is 1. The molecule has 0 aliphatic carbocycles. The van der Waals surface area contributed by atoms with Gasteiger partial charge in [-0.3, -0.25) is 4.79 Å². The first-order valence-corrected chi connectivity index (χ1v) is 16.2. The van der Waals surface area contributed by atoms with Gasteiger partial charge in [-0.1, -0.05) is 172 Å². The van der Waals surface area contributed by atoms with Crippen molar-refractivity contribution < 1.29 is 14.7 Å². The lowest BCUT2D eigenvalue weighted by Gasteiger charge is -2.14. The molecule has 1 amide bonds. The molecule has 38 heavy (non-hydrogen) atoms. The number of carbonyl (C=O) groups is 2. The van der Waals surface area contributed by atoms with Gasteiger partial charge in [-0.25, -0.2) is 4.79 Å². The predicted molar refractivity (Wildman–Crippen MR) is 162 cm³/mol. The fourth-order valence-corrected chi connectivity index (χ4v) is 5.21. The molecule has 0 bridgehead atoms. The summed E-state index contributed by atoms with van der Waals surface area (Å²) in [7, 11) is 0. The molecular formula is C34H59NO3. The van der Waals surface area contributed by atoms with Crippen molar-refractivity contribution in [1.29, 1.82) is 0 Å². The van der Waals surface area contributed by atoms with Crippen molar-refractivity contribution in [2.75, 3.05) is 0 Å². The van der Waals surface area contributed by atoms with Crippen molar-refractivity contribution in [2.24, 2.45) is 0 Å². The molecule has 0 aliphatic heterocycles. The van der Waals surface area contributed by atoms with Crippen LogP contribution in [0.1, 0.15) is 160 Å². The fourth-order valence-electron chi connectivity index (χ4n) is 5.21. The fraction of sp³-hybridized carbons (Fsp3) is 0.765. The van der Waals surface area contributed by atoms with Crippen LogP contribution in [-0.2, 0) is 16.0 Å². The van der Waals surface area contributed by atoms with E-state index in [9.17, 15) is 14.7 Å². The highest BCUT2D eigenvalue weighted by Crippen LogP contribution is 2.15. The molecule has 4 nitrogen and oxygen atoms in total. The smallest absolute Gasteiger partial charge is 0.326 e. The van der Waals surface area contributed by atoms with Crippen LogP contribution in [0.25, 0.3) is 0 Å². The first-order valence-electron chi connectivity index (χ1n) is 16.2. The quantitative estimate of drug-likeness (QED) is 0.111. The van der Waals surface area contributed by atoms with Gasteiger partial charge >= 0.3 is 5.97 Å². The Morgan fingerprint density at radius 3 is 1.34 bits per heavy atom. The molecule has 0 unspecified atom stereocenters. The number of unbranched alkanes of at least 4 members (excludes halogenated alkanes) is 21. The van der Waals surface area contributed by atoms with E-state index in [2.05, 4.69) is 12.2 Å². The Hall–Kier alpha value is -1.84. The summed E-state index contributed by atoms with van der Waals surface area (Å²) in [4.78, 5) is 23.7. The summed E-state index contributed by atoms with van der Waals surface area (Å²) in [6.07, 6.45) is 30.4. The van der Waals surface area contributed by atoms with Crippen LogP contribution < -0.4 is 5.32 Å². The summed E-state index contributed by atoms with van der Waals surface area (Å²) in [5.74, 6) is -1.13. The minimum Gasteiger partial charge on any atom is -0.480 e. The van der Waals surface area contributed by atoms with Crippen molar-refractivity contribution in [1.82, 2.24) is 5.32 Å². The van der Waals surface area contributed by atoms with Crippen molar-refractivity contribution in [3.63, 3.8) is 0 Å². The van der Waals surface area contributed by atoms with E-state index in [1.807, 2.05) is 30.3 Å². The highest BCUT2D eigenvalue weighted by molar-refractivity contribution is 5.83. The number of carboxylic acids is 1. The molecule has 0 heterocycles. The number of rotatable bonds is 27. The van der Waals surface area contributed by atoms with Crippen molar-refractivity contribution >= 4 is 11.9 Å². The van der Waals surface area contributed by atoms with E-state index in [0.29, 0.717) is 12.8 Å². The lowest BCUT2D eigenvalue weighted by Crippen LogP contribution is -2.42. The average molecular weight is 530 g/mol. The zero-order valence-electron chi connectivity index (χ0n) is 24.7. The number of carboxylic acid groups (broad SMARTS) is 1. The Balaban J connectivity index is 1.82. The molecule has 0 aromatic heterocycles. The van der Waals surface area contributed by atoms with Crippen molar-refractivity contribution in [2.45, 2.75) is 167 Å². The number of aliphatic carboxylic acids is 1. The second kappa shape index (κ2) is 25.4. The molecule has 0 saturated carbocycles. The van der Waals surface area contributed by atoms with Crippen LogP contribution in [0.4, 0.5) is 0 Å². The maximum absolute atomic E-state index is 12.2. The standard InChI is InChI=1S/C34H59NO3/c1-2-3-4-5-6-7-8-9-10-11-12-13-14-15-16-17-18-19-20-21-22-26-29-33(36)35-32(34(37)38)30-31-27-24-23-25-28-31/h23-25,27-28,32H,2-22,26,29-30H2,1H3,(H,35,36)(H,37,38)/t32-/m0/s1. The lowest BCUT2D eigenvalue weighted by atomic mass is 10.0. The normalized spacial score (nSPS) is 11.9. The molecule has 0 spiro atoms.